The smallest absolute Gasteiger partial charge is 0.123 e. The van der Waals surface area contributed by atoms with Gasteiger partial charge in [0.05, 0.1) is 0 Å². The quantitative estimate of drug-likeness (QED) is 0.791. The fourth-order valence-electron chi connectivity index (χ4n) is 2.12. The lowest BCUT2D eigenvalue weighted by Crippen LogP contribution is -2.23. The lowest BCUT2D eigenvalue weighted by molar-refractivity contribution is 0.286. The van der Waals surface area contributed by atoms with E-state index in [0.29, 0.717) is 6.04 Å². The number of nitrogens with one attached hydrogen (secondary N) is 1. The van der Waals surface area contributed by atoms with Crippen LogP contribution >= 0.6 is 0 Å². The topological polar surface area (TPSA) is 12.0 Å². The molecule has 0 saturated heterocycles. The van der Waals surface area contributed by atoms with Gasteiger partial charge in [0.25, 0.3) is 0 Å². The van der Waals surface area contributed by atoms with Crippen molar-refractivity contribution in [2.75, 3.05) is 5.32 Å². The minimum Gasteiger partial charge on any atom is -0.383 e. The zero-order chi connectivity index (χ0) is 10.7. The summed E-state index contributed by atoms with van der Waals surface area (Å²) in [5.74, 6) is 0.736. The van der Waals surface area contributed by atoms with Crippen LogP contribution in [0.2, 0.25) is 0 Å². The summed E-state index contributed by atoms with van der Waals surface area (Å²) in [7, 11) is 0. The summed E-state index contributed by atoms with van der Waals surface area (Å²) in [6, 6.07) is 7.08. The Morgan fingerprint density at radius 2 is 2.00 bits per heavy atom. The summed E-state index contributed by atoms with van der Waals surface area (Å²) < 4.78 is 12.7. The van der Waals surface area contributed by atoms with E-state index in [2.05, 4.69) is 12.2 Å². The van der Waals surface area contributed by atoms with E-state index in [1.54, 1.807) is 12.1 Å². The first-order valence-electron chi connectivity index (χ1n) is 5.76. The normalized spacial score (nSPS) is 18.3. The molecule has 2 rings (SSSR count). The number of hydrogen-bond donors (Lipinski definition) is 1. The van der Waals surface area contributed by atoms with Crippen LogP contribution in [0.15, 0.2) is 24.3 Å². The van der Waals surface area contributed by atoms with Gasteiger partial charge < -0.3 is 5.32 Å². The van der Waals surface area contributed by atoms with Gasteiger partial charge in [-0.2, -0.15) is 0 Å². The highest BCUT2D eigenvalue weighted by Crippen LogP contribution is 2.31. The molecule has 0 aliphatic heterocycles. The molecule has 0 aromatic heterocycles. The van der Waals surface area contributed by atoms with Crippen molar-refractivity contribution in [3.8, 4) is 0 Å². The van der Waals surface area contributed by atoms with Gasteiger partial charge in [-0.15, -0.1) is 0 Å². The van der Waals surface area contributed by atoms with Crippen molar-refractivity contribution in [3.63, 3.8) is 0 Å². The van der Waals surface area contributed by atoms with Crippen molar-refractivity contribution in [2.24, 2.45) is 5.92 Å². The second-order valence-corrected chi connectivity index (χ2v) is 4.58. The maximum absolute atomic E-state index is 12.7. The molecule has 82 valence electrons. The summed E-state index contributed by atoms with van der Waals surface area (Å²) in [4.78, 5) is 0. The zero-order valence-electron chi connectivity index (χ0n) is 9.17. The molecule has 1 N–H and O–H groups in total. The maximum Gasteiger partial charge on any atom is 0.123 e. The Labute approximate surface area is 90.7 Å². The van der Waals surface area contributed by atoms with Crippen LogP contribution in [0.1, 0.15) is 32.6 Å². The van der Waals surface area contributed by atoms with Crippen molar-refractivity contribution < 1.29 is 4.39 Å². The van der Waals surface area contributed by atoms with Crippen LogP contribution in [0, 0.1) is 11.7 Å². The monoisotopic (exact) mass is 207 g/mol. The van der Waals surface area contributed by atoms with Crippen molar-refractivity contribution in [3.05, 3.63) is 30.1 Å². The lowest BCUT2D eigenvalue weighted by atomic mass is 9.81. The molecule has 0 heterocycles. The van der Waals surface area contributed by atoms with Gasteiger partial charge in [0, 0.05) is 11.7 Å². The maximum atomic E-state index is 12.7. The standard InChI is InChI=1S/C13H18FN/c1-10(9-11-3-2-4-11)15-13-7-5-12(14)6-8-13/h5-8,10-11,15H,2-4,9H2,1H3. The molecule has 1 aromatic carbocycles. The van der Waals surface area contributed by atoms with Gasteiger partial charge in [-0.3, -0.25) is 0 Å². The third-order valence-corrected chi connectivity index (χ3v) is 3.17. The third kappa shape index (κ3) is 2.95. The van der Waals surface area contributed by atoms with Crippen LogP contribution in [-0.4, -0.2) is 6.04 Å². The molecule has 1 saturated carbocycles. The van der Waals surface area contributed by atoms with E-state index in [4.69, 9.17) is 0 Å². The van der Waals surface area contributed by atoms with Gasteiger partial charge in [0.1, 0.15) is 5.82 Å². The van der Waals surface area contributed by atoms with E-state index in [1.165, 1.54) is 37.8 Å². The minimum atomic E-state index is -0.174. The summed E-state index contributed by atoms with van der Waals surface area (Å²) in [6.07, 6.45) is 5.40. The average Bonchev–Trinajstić information content (AvgIpc) is 2.16. The Kier molecular flexibility index (Phi) is 3.24. The molecule has 1 atom stereocenters. The predicted octanol–water partition coefficient (Wildman–Crippen LogP) is 3.82. The van der Waals surface area contributed by atoms with E-state index in [-0.39, 0.29) is 5.82 Å². The van der Waals surface area contributed by atoms with Gasteiger partial charge in [-0.05, 0) is 43.5 Å². The van der Waals surface area contributed by atoms with E-state index in [1.807, 2.05) is 0 Å². The molecule has 0 bridgehead atoms. The number of benzene rings is 1. The van der Waals surface area contributed by atoms with Crippen LogP contribution in [0.4, 0.5) is 10.1 Å². The molecule has 1 aromatic rings. The highest BCUT2D eigenvalue weighted by atomic mass is 19.1. The first-order chi connectivity index (χ1) is 7.24. The third-order valence-electron chi connectivity index (χ3n) is 3.17. The molecule has 1 unspecified atom stereocenters. The molecule has 1 aliphatic rings. The van der Waals surface area contributed by atoms with Crippen LogP contribution in [0.25, 0.3) is 0 Å². The number of anilines is 1. The second kappa shape index (κ2) is 4.65. The van der Waals surface area contributed by atoms with Crippen LogP contribution in [-0.2, 0) is 0 Å². The largest absolute Gasteiger partial charge is 0.383 e. The molecule has 0 spiro atoms. The van der Waals surface area contributed by atoms with E-state index >= 15 is 0 Å². The Balaban J connectivity index is 1.82. The van der Waals surface area contributed by atoms with Crippen molar-refractivity contribution in [1.29, 1.82) is 0 Å². The van der Waals surface area contributed by atoms with Crippen LogP contribution < -0.4 is 5.32 Å². The Morgan fingerprint density at radius 1 is 1.33 bits per heavy atom. The van der Waals surface area contributed by atoms with Crippen LogP contribution in [0.3, 0.4) is 0 Å². The summed E-state index contributed by atoms with van der Waals surface area (Å²) >= 11 is 0. The molecule has 15 heavy (non-hydrogen) atoms. The van der Waals surface area contributed by atoms with Crippen molar-refractivity contribution in [1.82, 2.24) is 0 Å². The van der Waals surface area contributed by atoms with Gasteiger partial charge in [0.2, 0.25) is 0 Å². The number of hydrogen-bond acceptors (Lipinski definition) is 1. The van der Waals surface area contributed by atoms with E-state index in [0.717, 1.165) is 11.6 Å². The SMILES string of the molecule is CC(CC1CCC1)Nc1ccc(F)cc1. The Morgan fingerprint density at radius 3 is 2.53 bits per heavy atom. The molecule has 0 radical (unpaired) electrons. The molecular formula is C13H18FN. The van der Waals surface area contributed by atoms with Gasteiger partial charge in [-0.25, -0.2) is 4.39 Å². The molecule has 1 fully saturated rings. The molecule has 0 amide bonds. The summed E-state index contributed by atoms with van der Waals surface area (Å²) in [6.45, 7) is 2.20. The molecular weight excluding hydrogens is 189 g/mol. The van der Waals surface area contributed by atoms with Gasteiger partial charge in [0.15, 0.2) is 0 Å². The lowest BCUT2D eigenvalue weighted by Gasteiger charge is -2.28. The highest BCUT2D eigenvalue weighted by Gasteiger charge is 2.19. The van der Waals surface area contributed by atoms with Crippen molar-refractivity contribution in [2.45, 2.75) is 38.6 Å². The molecule has 1 aliphatic carbocycles. The fourth-order valence-corrected chi connectivity index (χ4v) is 2.12. The summed E-state index contributed by atoms with van der Waals surface area (Å²) in [5.41, 5.74) is 1.02. The predicted molar refractivity (Wildman–Crippen MR) is 61.4 cm³/mol. The Hall–Kier alpha value is -1.05. The van der Waals surface area contributed by atoms with Gasteiger partial charge >= 0.3 is 0 Å². The van der Waals surface area contributed by atoms with E-state index < -0.39 is 0 Å². The summed E-state index contributed by atoms with van der Waals surface area (Å²) in [5, 5.41) is 3.40. The number of rotatable bonds is 4. The first kappa shape index (κ1) is 10.5. The highest BCUT2D eigenvalue weighted by molar-refractivity contribution is 5.43. The van der Waals surface area contributed by atoms with Gasteiger partial charge in [-0.1, -0.05) is 19.3 Å². The van der Waals surface area contributed by atoms with Crippen LogP contribution in [0.5, 0.6) is 0 Å². The number of halogens is 1. The average molecular weight is 207 g/mol. The Bertz CT molecular complexity index is 303. The van der Waals surface area contributed by atoms with E-state index in [9.17, 15) is 4.39 Å². The van der Waals surface area contributed by atoms with Crippen molar-refractivity contribution >= 4 is 5.69 Å². The molecule has 1 nitrogen and oxygen atoms in total. The molecule has 2 heteroatoms. The minimum absolute atomic E-state index is 0.174. The zero-order valence-corrected chi connectivity index (χ0v) is 9.17. The first-order valence-corrected chi connectivity index (χ1v) is 5.76. The fraction of sp³-hybridized carbons (Fsp3) is 0.538. The second-order valence-electron chi connectivity index (χ2n) is 4.58.